The molecule has 0 bridgehead atoms. The first-order valence-electron chi connectivity index (χ1n) is 9.16. The van der Waals surface area contributed by atoms with E-state index in [0.717, 1.165) is 41.4 Å². The fourth-order valence-corrected chi connectivity index (χ4v) is 3.44. The molecule has 0 atom stereocenters. The Labute approximate surface area is 152 Å². The van der Waals surface area contributed by atoms with Crippen LogP contribution in [0.1, 0.15) is 36.2 Å². The third-order valence-corrected chi connectivity index (χ3v) is 4.97. The monoisotopic (exact) mass is 349 g/mol. The molecule has 1 aliphatic heterocycles. The zero-order chi connectivity index (χ0) is 17.9. The molecule has 0 radical (unpaired) electrons. The van der Waals surface area contributed by atoms with Gasteiger partial charge in [-0.2, -0.15) is 0 Å². The topological polar surface area (TPSA) is 75.6 Å². The third kappa shape index (κ3) is 3.27. The van der Waals surface area contributed by atoms with Crippen LogP contribution in [0.5, 0.6) is 0 Å². The number of benzene rings is 1. The van der Waals surface area contributed by atoms with E-state index < -0.39 is 0 Å². The van der Waals surface area contributed by atoms with Crippen molar-refractivity contribution < 1.29 is 0 Å². The standard InChI is InChI=1S/C20H23N5O/c1-14-8-9-15(19-24-23-18-7-3-2-4-11-25(18)19)12-17(14)22-13-16-6-5-10-21-20(16)26/h5-6,8-10,12,22H,2-4,7,11,13H2,1H3,(H,21,26). The van der Waals surface area contributed by atoms with Gasteiger partial charge >= 0.3 is 0 Å². The minimum Gasteiger partial charge on any atom is -0.381 e. The third-order valence-electron chi connectivity index (χ3n) is 4.97. The van der Waals surface area contributed by atoms with Gasteiger partial charge in [-0.3, -0.25) is 4.79 Å². The Hall–Kier alpha value is -2.89. The Bertz CT molecular complexity index is 972. The lowest BCUT2D eigenvalue weighted by atomic mass is 10.1. The molecule has 0 saturated carbocycles. The van der Waals surface area contributed by atoms with Crippen molar-refractivity contribution in [2.24, 2.45) is 0 Å². The molecule has 3 aromatic rings. The number of anilines is 1. The summed E-state index contributed by atoms with van der Waals surface area (Å²) in [4.78, 5) is 14.6. The van der Waals surface area contributed by atoms with Crippen LogP contribution in [0.2, 0.25) is 0 Å². The Balaban J connectivity index is 1.62. The van der Waals surface area contributed by atoms with Crippen LogP contribution in [-0.2, 0) is 19.5 Å². The van der Waals surface area contributed by atoms with Crippen LogP contribution in [0.25, 0.3) is 11.4 Å². The summed E-state index contributed by atoms with van der Waals surface area (Å²) in [6.07, 6.45) is 6.25. The summed E-state index contributed by atoms with van der Waals surface area (Å²) < 4.78 is 2.25. The molecule has 0 amide bonds. The molecule has 0 fully saturated rings. The number of hydrogen-bond donors (Lipinski definition) is 2. The molecule has 1 aromatic carbocycles. The number of nitrogens with one attached hydrogen (secondary N) is 2. The Morgan fingerprint density at radius 3 is 3.00 bits per heavy atom. The summed E-state index contributed by atoms with van der Waals surface area (Å²) in [7, 11) is 0. The largest absolute Gasteiger partial charge is 0.381 e. The average molecular weight is 349 g/mol. The number of nitrogens with zero attached hydrogens (tertiary/aromatic N) is 3. The molecule has 0 saturated heterocycles. The number of hydrogen-bond acceptors (Lipinski definition) is 4. The lowest BCUT2D eigenvalue weighted by Gasteiger charge is -2.12. The molecular weight excluding hydrogens is 326 g/mol. The second kappa shape index (κ2) is 7.15. The molecule has 6 heteroatoms. The normalized spacial score (nSPS) is 13.9. The maximum Gasteiger partial charge on any atom is 0.252 e. The first-order chi connectivity index (χ1) is 12.7. The zero-order valence-corrected chi connectivity index (χ0v) is 15.0. The van der Waals surface area contributed by atoms with Gasteiger partial charge in [0.1, 0.15) is 5.82 Å². The SMILES string of the molecule is Cc1ccc(-c2nnc3n2CCCCC3)cc1NCc1ccc[nH]c1=O. The number of aryl methyl sites for hydroxylation is 2. The van der Waals surface area contributed by atoms with Gasteiger partial charge in [0.2, 0.25) is 0 Å². The van der Waals surface area contributed by atoms with Gasteiger partial charge in [-0.15, -0.1) is 10.2 Å². The summed E-state index contributed by atoms with van der Waals surface area (Å²) in [6.45, 7) is 3.53. The van der Waals surface area contributed by atoms with E-state index in [-0.39, 0.29) is 5.56 Å². The van der Waals surface area contributed by atoms with Crippen molar-refractivity contribution in [3.05, 3.63) is 63.8 Å². The van der Waals surface area contributed by atoms with Gasteiger partial charge in [-0.05, 0) is 37.5 Å². The van der Waals surface area contributed by atoms with Crippen molar-refractivity contribution >= 4 is 5.69 Å². The van der Waals surface area contributed by atoms with Crippen molar-refractivity contribution in [3.8, 4) is 11.4 Å². The van der Waals surface area contributed by atoms with Crippen LogP contribution >= 0.6 is 0 Å². The molecule has 6 nitrogen and oxygen atoms in total. The molecule has 134 valence electrons. The van der Waals surface area contributed by atoms with Gasteiger partial charge in [0.15, 0.2) is 5.82 Å². The molecule has 0 spiro atoms. The number of aromatic nitrogens is 4. The molecule has 2 aromatic heterocycles. The fourth-order valence-electron chi connectivity index (χ4n) is 3.44. The van der Waals surface area contributed by atoms with Crippen molar-refractivity contribution in [2.75, 3.05) is 5.32 Å². The van der Waals surface area contributed by atoms with Crippen molar-refractivity contribution in [1.82, 2.24) is 19.7 Å². The van der Waals surface area contributed by atoms with Crippen LogP contribution in [0.3, 0.4) is 0 Å². The predicted molar refractivity (Wildman–Crippen MR) is 102 cm³/mol. The first kappa shape index (κ1) is 16.6. The highest BCUT2D eigenvalue weighted by atomic mass is 16.1. The molecule has 2 N–H and O–H groups in total. The highest BCUT2D eigenvalue weighted by Gasteiger charge is 2.16. The van der Waals surface area contributed by atoms with E-state index in [1.807, 2.05) is 12.1 Å². The fraction of sp³-hybridized carbons (Fsp3) is 0.350. The highest BCUT2D eigenvalue weighted by Crippen LogP contribution is 2.27. The number of fused-ring (bicyclic) bond motifs is 1. The molecule has 26 heavy (non-hydrogen) atoms. The number of aromatic amines is 1. The van der Waals surface area contributed by atoms with Crippen LogP contribution in [0.4, 0.5) is 5.69 Å². The molecular formula is C20H23N5O. The van der Waals surface area contributed by atoms with Gasteiger partial charge in [-0.25, -0.2) is 0 Å². The van der Waals surface area contributed by atoms with E-state index in [4.69, 9.17) is 0 Å². The van der Waals surface area contributed by atoms with E-state index in [0.29, 0.717) is 12.1 Å². The Morgan fingerprint density at radius 2 is 2.12 bits per heavy atom. The predicted octanol–water partition coefficient (Wildman–Crippen LogP) is 3.28. The summed E-state index contributed by atoms with van der Waals surface area (Å²) in [5, 5.41) is 12.2. The molecule has 0 unspecified atom stereocenters. The van der Waals surface area contributed by atoms with E-state index >= 15 is 0 Å². The van der Waals surface area contributed by atoms with Crippen molar-refractivity contribution in [1.29, 1.82) is 0 Å². The van der Waals surface area contributed by atoms with Gasteiger partial charge in [0, 0.05) is 42.5 Å². The van der Waals surface area contributed by atoms with Gasteiger partial charge in [0.25, 0.3) is 5.56 Å². The second-order valence-corrected chi connectivity index (χ2v) is 6.81. The van der Waals surface area contributed by atoms with E-state index in [2.05, 4.69) is 50.2 Å². The smallest absolute Gasteiger partial charge is 0.252 e. The lowest BCUT2D eigenvalue weighted by molar-refractivity contribution is 0.636. The number of rotatable bonds is 4. The molecule has 3 heterocycles. The second-order valence-electron chi connectivity index (χ2n) is 6.81. The summed E-state index contributed by atoms with van der Waals surface area (Å²) in [5.74, 6) is 2.02. The molecule has 0 aliphatic carbocycles. The van der Waals surface area contributed by atoms with Gasteiger partial charge < -0.3 is 14.9 Å². The minimum atomic E-state index is -0.0587. The maximum atomic E-state index is 11.9. The van der Waals surface area contributed by atoms with Crippen molar-refractivity contribution in [2.45, 2.75) is 45.7 Å². The van der Waals surface area contributed by atoms with Crippen LogP contribution in [0, 0.1) is 6.92 Å². The Morgan fingerprint density at radius 1 is 1.19 bits per heavy atom. The van der Waals surface area contributed by atoms with Gasteiger partial charge in [-0.1, -0.05) is 24.6 Å². The number of H-pyrrole nitrogens is 1. The zero-order valence-electron chi connectivity index (χ0n) is 15.0. The average Bonchev–Trinajstić information content (AvgIpc) is 2.90. The maximum absolute atomic E-state index is 11.9. The summed E-state index contributed by atoms with van der Waals surface area (Å²) >= 11 is 0. The summed E-state index contributed by atoms with van der Waals surface area (Å²) in [5.41, 5.74) is 3.86. The van der Waals surface area contributed by atoms with Gasteiger partial charge in [0.05, 0.1) is 0 Å². The molecule has 1 aliphatic rings. The quantitative estimate of drug-likeness (QED) is 0.758. The van der Waals surface area contributed by atoms with Crippen LogP contribution < -0.4 is 10.9 Å². The van der Waals surface area contributed by atoms with Crippen molar-refractivity contribution in [3.63, 3.8) is 0 Å². The Kier molecular flexibility index (Phi) is 4.56. The summed E-state index contributed by atoms with van der Waals surface area (Å²) in [6, 6.07) is 9.97. The van der Waals surface area contributed by atoms with E-state index in [1.54, 1.807) is 6.20 Å². The van der Waals surface area contributed by atoms with E-state index in [9.17, 15) is 4.79 Å². The van der Waals surface area contributed by atoms with Crippen LogP contribution in [-0.4, -0.2) is 19.7 Å². The number of pyridine rings is 1. The first-order valence-corrected chi connectivity index (χ1v) is 9.16. The van der Waals surface area contributed by atoms with Crippen LogP contribution in [0.15, 0.2) is 41.3 Å². The minimum absolute atomic E-state index is 0.0587. The lowest BCUT2D eigenvalue weighted by Crippen LogP contribution is -2.15. The highest BCUT2D eigenvalue weighted by molar-refractivity contribution is 5.65. The molecule has 4 rings (SSSR count). The van der Waals surface area contributed by atoms with E-state index in [1.165, 1.54) is 19.3 Å².